The van der Waals surface area contributed by atoms with E-state index < -0.39 is 0 Å². The number of hydrogen-bond donors (Lipinski definition) is 1. The van der Waals surface area contributed by atoms with Crippen LogP contribution in [0, 0.1) is 0 Å². The lowest BCUT2D eigenvalue weighted by Crippen LogP contribution is -1.68. The summed E-state index contributed by atoms with van der Waals surface area (Å²) in [6.45, 7) is 2.13. The standard InChI is InChI=1S/C9H16O/c1-2-3-4-5-6-7-8-9-10/h3-4,8-10H,2,5-7H2,1H3/b4-3+,9-8+. The lowest BCUT2D eigenvalue weighted by atomic mass is 10.2. The molecule has 1 nitrogen and oxygen atoms in total. The van der Waals surface area contributed by atoms with E-state index in [1.165, 1.54) is 0 Å². The summed E-state index contributed by atoms with van der Waals surface area (Å²) < 4.78 is 0. The van der Waals surface area contributed by atoms with Crippen molar-refractivity contribution in [1.82, 2.24) is 0 Å². The summed E-state index contributed by atoms with van der Waals surface area (Å²) in [5.41, 5.74) is 0. The third-order valence-electron chi connectivity index (χ3n) is 1.25. The van der Waals surface area contributed by atoms with E-state index >= 15 is 0 Å². The first-order valence-corrected chi connectivity index (χ1v) is 3.86. The summed E-state index contributed by atoms with van der Waals surface area (Å²) in [5.74, 6) is 0. The maximum absolute atomic E-state index is 8.27. The molecule has 0 rings (SSSR count). The average Bonchev–Trinajstić information content (AvgIpc) is 1.97. The average molecular weight is 140 g/mol. The molecule has 0 fully saturated rings. The molecular weight excluding hydrogens is 124 g/mol. The van der Waals surface area contributed by atoms with Crippen LogP contribution in [0.25, 0.3) is 0 Å². The van der Waals surface area contributed by atoms with Crippen LogP contribution in [0.4, 0.5) is 0 Å². The Morgan fingerprint density at radius 3 is 2.40 bits per heavy atom. The molecule has 0 saturated carbocycles. The van der Waals surface area contributed by atoms with Crippen molar-refractivity contribution >= 4 is 0 Å². The van der Waals surface area contributed by atoms with E-state index in [9.17, 15) is 0 Å². The number of aliphatic hydroxyl groups is 1. The molecule has 0 amide bonds. The molecule has 0 bridgehead atoms. The van der Waals surface area contributed by atoms with Crippen molar-refractivity contribution in [3.8, 4) is 0 Å². The van der Waals surface area contributed by atoms with Crippen LogP contribution in [0.3, 0.4) is 0 Å². The number of hydrogen-bond acceptors (Lipinski definition) is 1. The Morgan fingerprint density at radius 2 is 1.80 bits per heavy atom. The Balaban J connectivity index is 2.97. The Morgan fingerprint density at radius 1 is 1.10 bits per heavy atom. The van der Waals surface area contributed by atoms with Crippen LogP contribution in [0.5, 0.6) is 0 Å². The van der Waals surface area contributed by atoms with Crippen LogP contribution in [0.15, 0.2) is 24.5 Å². The van der Waals surface area contributed by atoms with E-state index in [0.717, 1.165) is 31.9 Å². The second kappa shape index (κ2) is 8.28. The monoisotopic (exact) mass is 140 g/mol. The van der Waals surface area contributed by atoms with Crippen molar-refractivity contribution in [3.05, 3.63) is 24.5 Å². The van der Waals surface area contributed by atoms with E-state index in [0.29, 0.717) is 0 Å². The molecule has 1 heteroatoms. The fourth-order valence-electron chi connectivity index (χ4n) is 0.713. The number of allylic oxidation sites excluding steroid dienone is 3. The van der Waals surface area contributed by atoms with Gasteiger partial charge in [0.2, 0.25) is 0 Å². The van der Waals surface area contributed by atoms with Gasteiger partial charge in [-0.15, -0.1) is 0 Å². The van der Waals surface area contributed by atoms with Gasteiger partial charge >= 0.3 is 0 Å². The van der Waals surface area contributed by atoms with Gasteiger partial charge in [0.25, 0.3) is 0 Å². The highest BCUT2D eigenvalue weighted by Crippen LogP contribution is 1.97. The van der Waals surface area contributed by atoms with E-state index in [4.69, 9.17) is 5.11 Å². The van der Waals surface area contributed by atoms with Crippen LogP contribution in [0.1, 0.15) is 32.6 Å². The van der Waals surface area contributed by atoms with Gasteiger partial charge in [0.15, 0.2) is 0 Å². The quantitative estimate of drug-likeness (QED) is 0.353. The van der Waals surface area contributed by atoms with Gasteiger partial charge in [0.1, 0.15) is 0 Å². The van der Waals surface area contributed by atoms with E-state index in [1.807, 2.05) is 0 Å². The number of aliphatic hydroxyl groups excluding tert-OH is 1. The third kappa shape index (κ3) is 7.28. The van der Waals surface area contributed by atoms with Gasteiger partial charge in [0.05, 0.1) is 6.26 Å². The molecule has 0 unspecified atom stereocenters. The zero-order valence-corrected chi connectivity index (χ0v) is 6.59. The molecule has 0 saturated heterocycles. The molecule has 0 aromatic heterocycles. The number of rotatable bonds is 5. The molecule has 10 heavy (non-hydrogen) atoms. The molecule has 58 valence electrons. The highest BCUT2D eigenvalue weighted by Gasteiger charge is 1.78. The topological polar surface area (TPSA) is 20.2 Å². The fourth-order valence-corrected chi connectivity index (χ4v) is 0.713. The fraction of sp³-hybridized carbons (Fsp3) is 0.556. The van der Waals surface area contributed by atoms with Crippen molar-refractivity contribution in [2.45, 2.75) is 32.6 Å². The van der Waals surface area contributed by atoms with Crippen molar-refractivity contribution in [1.29, 1.82) is 0 Å². The lowest BCUT2D eigenvalue weighted by molar-refractivity contribution is 0.470. The third-order valence-corrected chi connectivity index (χ3v) is 1.25. The number of unbranched alkanes of at least 4 members (excludes halogenated alkanes) is 2. The molecule has 1 N–H and O–H groups in total. The van der Waals surface area contributed by atoms with Gasteiger partial charge in [0, 0.05) is 0 Å². The lowest BCUT2D eigenvalue weighted by Gasteiger charge is -1.87. The van der Waals surface area contributed by atoms with Gasteiger partial charge < -0.3 is 5.11 Å². The Labute approximate surface area is 63.1 Å². The van der Waals surface area contributed by atoms with Gasteiger partial charge in [-0.2, -0.15) is 0 Å². The van der Waals surface area contributed by atoms with Gasteiger partial charge in [-0.25, -0.2) is 0 Å². The summed E-state index contributed by atoms with van der Waals surface area (Å²) in [6.07, 6.45) is 11.6. The Bertz CT molecular complexity index is 103. The maximum Gasteiger partial charge on any atom is 0.0751 e. The molecule has 0 radical (unpaired) electrons. The molecule has 0 atom stereocenters. The van der Waals surface area contributed by atoms with Gasteiger partial charge in [-0.05, 0) is 25.7 Å². The predicted octanol–water partition coefficient (Wildman–Crippen LogP) is 3.19. The first-order valence-electron chi connectivity index (χ1n) is 3.86. The van der Waals surface area contributed by atoms with Crippen molar-refractivity contribution in [3.63, 3.8) is 0 Å². The van der Waals surface area contributed by atoms with Crippen LogP contribution in [0.2, 0.25) is 0 Å². The predicted molar refractivity (Wildman–Crippen MR) is 45.1 cm³/mol. The van der Waals surface area contributed by atoms with Crippen LogP contribution >= 0.6 is 0 Å². The van der Waals surface area contributed by atoms with Crippen molar-refractivity contribution in [2.24, 2.45) is 0 Å². The smallest absolute Gasteiger partial charge is 0.0751 e. The summed E-state index contributed by atoms with van der Waals surface area (Å²) in [4.78, 5) is 0. The minimum absolute atomic E-state index is 0.977. The molecule has 0 aliphatic rings. The summed E-state index contributed by atoms with van der Waals surface area (Å²) in [6, 6.07) is 0. The van der Waals surface area contributed by atoms with Crippen molar-refractivity contribution in [2.75, 3.05) is 0 Å². The summed E-state index contributed by atoms with van der Waals surface area (Å²) in [5, 5.41) is 8.27. The zero-order chi connectivity index (χ0) is 7.66. The maximum atomic E-state index is 8.27. The molecule has 0 aliphatic carbocycles. The van der Waals surface area contributed by atoms with Crippen LogP contribution in [-0.2, 0) is 0 Å². The zero-order valence-electron chi connectivity index (χ0n) is 6.59. The van der Waals surface area contributed by atoms with E-state index in [-0.39, 0.29) is 0 Å². The highest BCUT2D eigenvalue weighted by molar-refractivity contribution is 4.81. The normalized spacial score (nSPS) is 11.7. The van der Waals surface area contributed by atoms with Crippen molar-refractivity contribution < 1.29 is 5.11 Å². The Hall–Kier alpha value is -0.720. The Kier molecular flexibility index (Phi) is 7.68. The SMILES string of the molecule is CC/C=C/CCC/C=C/O. The second-order valence-electron chi connectivity index (χ2n) is 2.20. The summed E-state index contributed by atoms with van der Waals surface area (Å²) in [7, 11) is 0. The minimum atomic E-state index is 0.977. The van der Waals surface area contributed by atoms with E-state index in [1.54, 1.807) is 6.08 Å². The van der Waals surface area contributed by atoms with E-state index in [2.05, 4.69) is 19.1 Å². The molecule has 0 aromatic carbocycles. The second-order valence-corrected chi connectivity index (χ2v) is 2.20. The first-order chi connectivity index (χ1) is 4.91. The van der Waals surface area contributed by atoms with Crippen LogP contribution < -0.4 is 0 Å². The largest absolute Gasteiger partial charge is 0.516 e. The van der Waals surface area contributed by atoms with Gasteiger partial charge in [-0.3, -0.25) is 0 Å². The molecular formula is C9H16O. The molecule has 0 spiro atoms. The minimum Gasteiger partial charge on any atom is -0.516 e. The molecule has 0 heterocycles. The van der Waals surface area contributed by atoms with Gasteiger partial charge in [-0.1, -0.05) is 25.2 Å². The van der Waals surface area contributed by atoms with Crippen LogP contribution in [-0.4, -0.2) is 5.11 Å². The summed E-state index contributed by atoms with van der Waals surface area (Å²) >= 11 is 0. The molecule has 0 aliphatic heterocycles. The first kappa shape index (κ1) is 9.28. The highest BCUT2D eigenvalue weighted by atomic mass is 16.2. The molecule has 0 aromatic rings.